The summed E-state index contributed by atoms with van der Waals surface area (Å²) in [6, 6.07) is 0.910. The first-order valence-electron chi connectivity index (χ1n) is 4.52. The smallest absolute Gasteiger partial charge is 0.285 e. The molecular formula is C9H10F6NO+. The quantitative estimate of drug-likeness (QED) is 0.433. The molecule has 0 spiro atoms. The Morgan fingerprint density at radius 3 is 1.76 bits per heavy atom. The molecule has 17 heavy (non-hydrogen) atoms. The van der Waals surface area contributed by atoms with Gasteiger partial charge >= 0.3 is 18.0 Å². The molecule has 0 aliphatic heterocycles. The van der Waals surface area contributed by atoms with Gasteiger partial charge in [0.1, 0.15) is 5.56 Å². The number of nitrogens with zero attached hydrogens (tertiary/aromatic N) is 1. The lowest BCUT2D eigenvalue weighted by Crippen LogP contribution is -2.41. The van der Waals surface area contributed by atoms with Crippen LogP contribution < -0.4 is 4.73 Å². The molecule has 98 valence electrons. The fourth-order valence-electron chi connectivity index (χ4n) is 1.01. The normalized spacial score (nSPS) is 11.8. The Morgan fingerprint density at radius 2 is 1.47 bits per heavy atom. The van der Waals surface area contributed by atoms with E-state index in [1.54, 1.807) is 0 Å². The molecule has 2 nitrogen and oxygen atoms in total. The fraction of sp³-hybridized carbons (Fsp3) is 0.444. The van der Waals surface area contributed by atoms with Gasteiger partial charge in [-0.05, 0) is 6.07 Å². The van der Waals surface area contributed by atoms with Gasteiger partial charge in [0.05, 0.1) is 0 Å². The Hall–Kier alpha value is -1.47. The zero-order chi connectivity index (χ0) is 13.9. The van der Waals surface area contributed by atoms with Gasteiger partial charge in [-0.1, -0.05) is 13.8 Å². The van der Waals surface area contributed by atoms with Gasteiger partial charge in [0, 0.05) is 10.8 Å². The van der Waals surface area contributed by atoms with Crippen molar-refractivity contribution in [1.29, 1.82) is 0 Å². The number of pyridine rings is 1. The zero-order valence-electron chi connectivity index (χ0n) is 8.89. The van der Waals surface area contributed by atoms with Crippen molar-refractivity contribution in [3.63, 3.8) is 0 Å². The van der Waals surface area contributed by atoms with Crippen LogP contribution in [0.2, 0.25) is 0 Å². The van der Waals surface area contributed by atoms with E-state index in [1.165, 1.54) is 0 Å². The van der Waals surface area contributed by atoms with Gasteiger partial charge in [0.25, 0.3) is 0 Å². The molecule has 0 unspecified atom stereocenters. The van der Waals surface area contributed by atoms with Gasteiger partial charge < -0.3 is 0 Å². The predicted octanol–water partition coefficient (Wildman–Crippen LogP) is 3.28. The number of hydrogen-bond acceptors (Lipinski definition) is 1. The third-order valence-electron chi connectivity index (χ3n) is 1.55. The van der Waals surface area contributed by atoms with E-state index < -0.39 is 28.3 Å². The molecule has 0 fully saturated rings. The van der Waals surface area contributed by atoms with E-state index in [1.807, 2.05) is 13.8 Å². The maximum absolute atomic E-state index is 12.2. The highest BCUT2D eigenvalue weighted by atomic mass is 19.4. The maximum atomic E-state index is 12.2. The average molecular weight is 262 g/mol. The molecule has 0 saturated heterocycles. The molecule has 0 bridgehead atoms. The van der Waals surface area contributed by atoms with Crippen LogP contribution in [0.5, 0.6) is 0 Å². The highest BCUT2D eigenvalue weighted by Crippen LogP contribution is 2.37. The summed E-state index contributed by atoms with van der Waals surface area (Å²) >= 11 is 0. The van der Waals surface area contributed by atoms with Gasteiger partial charge in [0.15, 0.2) is 0 Å². The minimum Gasteiger partial charge on any atom is -0.285 e. The lowest BCUT2D eigenvalue weighted by molar-refractivity contribution is -0.915. The molecule has 8 heteroatoms. The molecule has 1 aromatic rings. The summed E-state index contributed by atoms with van der Waals surface area (Å²) in [5.74, 6) is 0. The molecule has 0 amide bonds. The van der Waals surface area contributed by atoms with Crippen molar-refractivity contribution < 1.29 is 36.3 Å². The highest BCUT2D eigenvalue weighted by Gasteiger charge is 2.51. The molecule has 1 aromatic heterocycles. The molecule has 0 aliphatic carbocycles. The Kier molecular flexibility index (Phi) is 4.79. The molecule has 0 atom stereocenters. The van der Waals surface area contributed by atoms with E-state index in [9.17, 15) is 26.3 Å². The number of rotatable bonds is 0. The van der Waals surface area contributed by atoms with Crippen molar-refractivity contribution in [2.24, 2.45) is 0 Å². The van der Waals surface area contributed by atoms with E-state index in [0.717, 1.165) is 0 Å². The Balaban J connectivity index is 0.00000121. The van der Waals surface area contributed by atoms with Gasteiger partial charge in [-0.25, -0.2) is 0 Å². The molecule has 0 saturated carbocycles. The summed E-state index contributed by atoms with van der Waals surface area (Å²) in [6.07, 6.45) is -9.98. The summed E-state index contributed by atoms with van der Waals surface area (Å²) in [7, 11) is 0. The Labute approximate surface area is 93.1 Å². The van der Waals surface area contributed by atoms with Gasteiger partial charge in [-0.2, -0.15) is 26.3 Å². The standard InChI is InChI=1S/C7H4F6NO.C2H6/c8-6(9,10)4-2-1-3-14(15)5(4)7(11,12)13;1-2/h1-3,15H;1-2H3/q+1;. The van der Waals surface area contributed by atoms with Crippen molar-refractivity contribution in [3.05, 3.63) is 29.6 Å². The summed E-state index contributed by atoms with van der Waals surface area (Å²) in [4.78, 5) is 0. The highest BCUT2D eigenvalue weighted by molar-refractivity contribution is 5.21. The molecule has 1 rings (SSSR count). The second-order valence-corrected chi connectivity index (χ2v) is 2.61. The van der Waals surface area contributed by atoms with Crippen LogP contribution in [-0.4, -0.2) is 5.21 Å². The van der Waals surface area contributed by atoms with Crippen LogP contribution in [-0.2, 0) is 12.4 Å². The van der Waals surface area contributed by atoms with E-state index in [4.69, 9.17) is 5.21 Å². The monoisotopic (exact) mass is 262 g/mol. The number of aromatic nitrogens is 1. The van der Waals surface area contributed by atoms with E-state index in [-0.39, 0.29) is 6.07 Å². The van der Waals surface area contributed by atoms with Crippen LogP contribution in [0.4, 0.5) is 26.3 Å². The lowest BCUT2D eigenvalue weighted by Gasteiger charge is -2.09. The lowest BCUT2D eigenvalue weighted by atomic mass is 10.2. The Bertz CT molecular complexity index is 371. The largest absolute Gasteiger partial charge is 0.483 e. The van der Waals surface area contributed by atoms with Crippen molar-refractivity contribution in [2.45, 2.75) is 26.2 Å². The topological polar surface area (TPSA) is 24.1 Å². The minimum absolute atomic E-state index is 0.246. The first-order valence-corrected chi connectivity index (χ1v) is 4.52. The van der Waals surface area contributed by atoms with Crippen molar-refractivity contribution in [1.82, 2.24) is 0 Å². The summed E-state index contributed by atoms with van der Waals surface area (Å²) in [6.45, 7) is 4.00. The second-order valence-electron chi connectivity index (χ2n) is 2.61. The minimum atomic E-state index is -5.28. The maximum Gasteiger partial charge on any atom is 0.483 e. The third-order valence-corrected chi connectivity index (χ3v) is 1.55. The molecule has 0 radical (unpaired) electrons. The van der Waals surface area contributed by atoms with Crippen molar-refractivity contribution in [2.75, 3.05) is 0 Å². The first kappa shape index (κ1) is 15.5. The van der Waals surface area contributed by atoms with Crippen molar-refractivity contribution >= 4 is 0 Å². The summed E-state index contributed by atoms with van der Waals surface area (Å²) in [5.41, 5.74) is -4.07. The Morgan fingerprint density at radius 1 is 1.00 bits per heavy atom. The van der Waals surface area contributed by atoms with Crippen LogP contribution in [0, 0.1) is 0 Å². The van der Waals surface area contributed by atoms with Gasteiger partial charge in [0.2, 0.25) is 6.20 Å². The molecule has 0 aliphatic rings. The van der Waals surface area contributed by atoms with E-state index >= 15 is 0 Å². The number of halogens is 6. The second kappa shape index (κ2) is 5.24. The number of hydrogen-bond donors (Lipinski definition) is 1. The van der Waals surface area contributed by atoms with Gasteiger partial charge in [-0.15, -0.1) is 0 Å². The van der Waals surface area contributed by atoms with E-state index in [2.05, 4.69) is 0 Å². The summed E-state index contributed by atoms with van der Waals surface area (Å²) in [5, 5.41) is 8.69. The molecule has 0 aromatic carbocycles. The fourth-order valence-corrected chi connectivity index (χ4v) is 1.01. The van der Waals surface area contributed by atoms with Gasteiger partial charge in [-0.3, -0.25) is 5.21 Å². The van der Waals surface area contributed by atoms with E-state index in [0.29, 0.717) is 12.3 Å². The van der Waals surface area contributed by atoms with Crippen LogP contribution in [0.3, 0.4) is 0 Å². The molecule has 1 heterocycles. The van der Waals surface area contributed by atoms with Crippen LogP contribution in [0.1, 0.15) is 25.1 Å². The molecule has 1 N–H and O–H groups in total. The molecular weight excluding hydrogens is 252 g/mol. The third kappa shape index (κ3) is 3.79. The summed E-state index contributed by atoms with van der Waals surface area (Å²) < 4.78 is 72.3. The van der Waals surface area contributed by atoms with Crippen LogP contribution in [0.15, 0.2) is 18.3 Å². The number of alkyl halides is 6. The van der Waals surface area contributed by atoms with Crippen LogP contribution >= 0.6 is 0 Å². The van der Waals surface area contributed by atoms with Crippen molar-refractivity contribution in [3.8, 4) is 0 Å². The predicted molar refractivity (Wildman–Crippen MR) is 45.2 cm³/mol. The zero-order valence-corrected chi connectivity index (χ0v) is 8.89. The average Bonchev–Trinajstić information content (AvgIpc) is 2.17. The first-order chi connectivity index (χ1) is 7.64. The van der Waals surface area contributed by atoms with Crippen LogP contribution in [0.25, 0.3) is 0 Å². The SMILES string of the molecule is CC.O[n+]1cccc(C(F)(F)F)c1C(F)(F)F.